The first-order valence-corrected chi connectivity index (χ1v) is 13.3. The van der Waals surface area contributed by atoms with E-state index in [-0.39, 0.29) is 30.8 Å². The molecule has 0 saturated carbocycles. The normalized spacial score (nSPS) is 11.2. The molecule has 2 N–H and O–H groups in total. The van der Waals surface area contributed by atoms with E-state index in [0.29, 0.717) is 42.3 Å². The number of amides is 4. The fraction of sp³-hybridized carbons (Fsp3) is 0.448. The van der Waals surface area contributed by atoms with Gasteiger partial charge in [-0.1, -0.05) is 13.8 Å². The number of ether oxygens (including phenoxy) is 1. The van der Waals surface area contributed by atoms with Crippen molar-refractivity contribution in [3.05, 3.63) is 48.5 Å². The Hall–Kier alpha value is -4.28. The van der Waals surface area contributed by atoms with Crippen molar-refractivity contribution in [3.8, 4) is 0 Å². The minimum atomic E-state index is -0.643. The van der Waals surface area contributed by atoms with Gasteiger partial charge in [0, 0.05) is 31.4 Å². The predicted molar refractivity (Wildman–Crippen MR) is 155 cm³/mol. The van der Waals surface area contributed by atoms with E-state index in [1.54, 1.807) is 69.3 Å². The van der Waals surface area contributed by atoms with Crippen LogP contribution in [0.5, 0.6) is 0 Å². The molecule has 0 bridgehead atoms. The molecule has 0 atom stereocenters. The molecular formula is C29H40N6O5. The Morgan fingerprint density at radius 2 is 1.12 bits per heavy atom. The number of anilines is 2. The molecule has 2 aromatic carbocycles. The second kappa shape index (κ2) is 15.3. The van der Waals surface area contributed by atoms with Crippen molar-refractivity contribution in [3.63, 3.8) is 0 Å². The van der Waals surface area contributed by atoms with E-state index in [0.717, 1.165) is 6.42 Å². The standard InChI is InChI=1S/C29H40N6O5/c1-7-17-34(21(3)36)19-26(37)30-22-9-13-24(14-10-22)32-33-25-15-11-23(12-16-25)31-27(38)20-35(18-8-2)28(39)40-29(4,5)6/h9-16H,7-8,17-20H2,1-6H3,(H,30,37)(H,31,38). The maximum Gasteiger partial charge on any atom is 0.410 e. The number of azo groups is 1. The molecule has 0 saturated heterocycles. The van der Waals surface area contributed by atoms with Crippen LogP contribution >= 0.6 is 0 Å². The minimum absolute atomic E-state index is 0.00181. The highest BCUT2D eigenvalue weighted by atomic mass is 16.6. The summed E-state index contributed by atoms with van der Waals surface area (Å²) < 4.78 is 5.39. The van der Waals surface area contributed by atoms with Gasteiger partial charge in [0.15, 0.2) is 0 Å². The van der Waals surface area contributed by atoms with E-state index in [4.69, 9.17) is 4.74 Å². The zero-order valence-corrected chi connectivity index (χ0v) is 24.2. The quantitative estimate of drug-likeness (QED) is 0.317. The summed E-state index contributed by atoms with van der Waals surface area (Å²) in [7, 11) is 0. The number of carbonyl (C=O) groups excluding carboxylic acids is 4. The molecule has 11 nitrogen and oxygen atoms in total. The lowest BCUT2D eigenvalue weighted by Crippen LogP contribution is -2.41. The molecule has 0 unspecified atom stereocenters. The Balaban J connectivity index is 1.90. The third-order valence-corrected chi connectivity index (χ3v) is 5.34. The zero-order chi connectivity index (χ0) is 29.7. The van der Waals surface area contributed by atoms with E-state index in [1.165, 1.54) is 16.7 Å². The molecule has 0 spiro atoms. The molecule has 0 aliphatic rings. The van der Waals surface area contributed by atoms with Crippen LogP contribution in [-0.2, 0) is 19.1 Å². The van der Waals surface area contributed by atoms with Gasteiger partial charge in [-0.25, -0.2) is 4.79 Å². The van der Waals surface area contributed by atoms with Crippen LogP contribution in [0.2, 0.25) is 0 Å². The molecule has 11 heteroatoms. The molecule has 2 aromatic rings. The summed E-state index contributed by atoms with van der Waals surface area (Å²) in [6.07, 6.45) is 0.947. The first-order chi connectivity index (χ1) is 18.9. The maximum atomic E-state index is 12.5. The van der Waals surface area contributed by atoms with Crippen molar-refractivity contribution in [2.45, 2.75) is 60.0 Å². The number of benzene rings is 2. The van der Waals surface area contributed by atoms with Crippen LogP contribution in [0.25, 0.3) is 0 Å². The number of carbonyl (C=O) groups is 4. The van der Waals surface area contributed by atoms with Crippen molar-refractivity contribution in [1.29, 1.82) is 0 Å². The van der Waals surface area contributed by atoms with Crippen LogP contribution in [-0.4, -0.2) is 65.4 Å². The second-order valence-corrected chi connectivity index (χ2v) is 10.2. The van der Waals surface area contributed by atoms with Crippen LogP contribution in [0.4, 0.5) is 27.5 Å². The zero-order valence-electron chi connectivity index (χ0n) is 24.2. The fourth-order valence-electron chi connectivity index (χ4n) is 3.54. The summed E-state index contributed by atoms with van der Waals surface area (Å²) in [5.74, 6) is -0.742. The number of nitrogens with zero attached hydrogens (tertiary/aromatic N) is 4. The number of rotatable bonds is 12. The van der Waals surface area contributed by atoms with E-state index in [9.17, 15) is 19.2 Å². The van der Waals surface area contributed by atoms with E-state index in [2.05, 4.69) is 20.9 Å². The maximum absolute atomic E-state index is 12.5. The second-order valence-electron chi connectivity index (χ2n) is 10.2. The van der Waals surface area contributed by atoms with Crippen molar-refractivity contribution in [2.24, 2.45) is 10.2 Å². The smallest absolute Gasteiger partial charge is 0.410 e. The van der Waals surface area contributed by atoms with Crippen LogP contribution in [0.3, 0.4) is 0 Å². The molecule has 0 aromatic heterocycles. The lowest BCUT2D eigenvalue weighted by molar-refractivity contribution is -0.132. The first kappa shape index (κ1) is 31.9. The third kappa shape index (κ3) is 11.6. The van der Waals surface area contributed by atoms with Gasteiger partial charge in [0.05, 0.1) is 17.9 Å². The van der Waals surface area contributed by atoms with Crippen molar-refractivity contribution < 1.29 is 23.9 Å². The highest BCUT2D eigenvalue weighted by Gasteiger charge is 2.23. The molecular weight excluding hydrogens is 512 g/mol. The Morgan fingerprint density at radius 3 is 1.50 bits per heavy atom. The Labute approximate surface area is 236 Å². The molecule has 2 rings (SSSR count). The molecule has 0 aliphatic carbocycles. The van der Waals surface area contributed by atoms with Gasteiger partial charge in [-0.05, 0) is 82.1 Å². The molecule has 4 amide bonds. The van der Waals surface area contributed by atoms with Crippen molar-refractivity contribution in [2.75, 3.05) is 36.8 Å². The first-order valence-electron chi connectivity index (χ1n) is 13.3. The third-order valence-electron chi connectivity index (χ3n) is 5.34. The van der Waals surface area contributed by atoms with Crippen molar-refractivity contribution >= 4 is 46.6 Å². The Kier molecular flexibility index (Phi) is 12.3. The highest BCUT2D eigenvalue weighted by Crippen LogP contribution is 2.22. The summed E-state index contributed by atoms with van der Waals surface area (Å²) in [4.78, 5) is 51.7. The largest absolute Gasteiger partial charge is 0.444 e. The predicted octanol–water partition coefficient (Wildman–Crippen LogP) is 5.88. The minimum Gasteiger partial charge on any atom is -0.444 e. The van der Waals surface area contributed by atoms with Gasteiger partial charge in [0.1, 0.15) is 12.1 Å². The van der Waals surface area contributed by atoms with E-state index < -0.39 is 11.7 Å². The Bertz CT molecular complexity index is 1170. The number of hydrogen-bond donors (Lipinski definition) is 2. The highest BCUT2D eigenvalue weighted by molar-refractivity contribution is 5.95. The van der Waals surface area contributed by atoms with Gasteiger partial charge in [-0.15, -0.1) is 0 Å². The average molecular weight is 553 g/mol. The molecule has 0 fully saturated rings. The molecule has 0 radical (unpaired) electrons. The lowest BCUT2D eigenvalue weighted by Gasteiger charge is -2.26. The van der Waals surface area contributed by atoms with Gasteiger partial charge in [-0.3, -0.25) is 19.3 Å². The molecule has 216 valence electrons. The molecule has 40 heavy (non-hydrogen) atoms. The molecule has 0 heterocycles. The van der Waals surface area contributed by atoms with Gasteiger partial charge < -0.3 is 20.3 Å². The van der Waals surface area contributed by atoms with Gasteiger partial charge in [-0.2, -0.15) is 10.2 Å². The summed E-state index contributed by atoms with van der Waals surface area (Å²) >= 11 is 0. The Morgan fingerprint density at radius 1 is 0.725 bits per heavy atom. The summed E-state index contributed by atoms with van der Waals surface area (Å²) in [6.45, 7) is 11.5. The summed E-state index contributed by atoms with van der Waals surface area (Å²) in [6, 6.07) is 13.7. The van der Waals surface area contributed by atoms with Crippen LogP contribution in [0.1, 0.15) is 54.4 Å². The topological polar surface area (TPSA) is 133 Å². The lowest BCUT2D eigenvalue weighted by atomic mass is 10.2. The SMILES string of the molecule is CCCN(CC(=O)Nc1ccc(N=Nc2ccc(NC(=O)CN(CCC)C(=O)OC(C)(C)C)cc2)cc1)C(C)=O. The number of nitrogens with one attached hydrogen (secondary N) is 2. The van der Waals surface area contributed by atoms with E-state index >= 15 is 0 Å². The van der Waals surface area contributed by atoms with Crippen LogP contribution in [0, 0.1) is 0 Å². The average Bonchev–Trinajstić information content (AvgIpc) is 2.87. The molecule has 0 aliphatic heterocycles. The summed E-state index contributed by atoms with van der Waals surface area (Å²) in [5, 5.41) is 14.0. The van der Waals surface area contributed by atoms with Crippen LogP contribution < -0.4 is 10.6 Å². The van der Waals surface area contributed by atoms with Crippen molar-refractivity contribution in [1.82, 2.24) is 9.80 Å². The van der Waals surface area contributed by atoms with Crippen LogP contribution in [0.15, 0.2) is 58.8 Å². The fourth-order valence-corrected chi connectivity index (χ4v) is 3.54. The summed E-state index contributed by atoms with van der Waals surface area (Å²) in [5.41, 5.74) is 1.68. The van der Waals surface area contributed by atoms with E-state index in [1.807, 2.05) is 13.8 Å². The van der Waals surface area contributed by atoms with Gasteiger partial charge in [0.2, 0.25) is 17.7 Å². The van der Waals surface area contributed by atoms with Gasteiger partial charge >= 0.3 is 6.09 Å². The monoisotopic (exact) mass is 552 g/mol. The number of hydrogen-bond acceptors (Lipinski definition) is 7. The van der Waals surface area contributed by atoms with Gasteiger partial charge in [0.25, 0.3) is 0 Å².